The van der Waals surface area contributed by atoms with Crippen molar-refractivity contribution >= 4 is 0 Å². The highest BCUT2D eigenvalue weighted by atomic mass is 16.5. The van der Waals surface area contributed by atoms with Gasteiger partial charge in [-0.25, -0.2) is 19.9 Å². The fourth-order valence-corrected chi connectivity index (χ4v) is 3.70. The van der Waals surface area contributed by atoms with Gasteiger partial charge in [0.05, 0.1) is 7.11 Å². The van der Waals surface area contributed by atoms with E-state index in [9.17, 15) is 0 Å². The van der Waals surface area contributed by atoms with Crippen LogP contribution in [0.1, 0.15) is 55.6 Å². The topological polar surface area (TPSA) is 60.8 Å². The van der Waals surface area contributed by atoms with Crippen LogP contribution in [0.5, 0.6) is 5.88 Å². The van der Waals surface area contributed by atoms with Crippen LogP contribution in [-0.4, -0.2) is 27.0 Å². The summed E-state index contributed by atoms with van der Waals surface area (Å²) in [5.41, 5.74) is 5.63. The lowest BCUT2D eigenvalue weighted by atomic mass is 9.77. The number of hydrogen-bond donors (Lipinski definition) is 0. The van der Waals surface area contributed by atoms with Gasteiger partial charge in [-0.1, -0.05) is 32.9 Å². The quantitative estimate of drug-likeness (QED) is 0.667. The summed E-state index contributed by atoms with van der Waals surface area (Å²) in [4.78, 5) is 18.7. The van der Waals surface area contributed by atoms with E-state index in [4.69, 9.17) is 14.7 Å². The van der Waals surface area contributed by atoms with Crippen molar-refractivity contribution in [2.45, 2.75) is 46.0 Å². The van der Waals surface area contributed by atoms with E-state index < -0.39 is 0 Å². The first-order valence-electron chi connectivity index (χ1n) is 9.77. The third kappa shape index (κ3) is 3.75. The average molecular weight is 374 g/mol. The standard InChI is InChI=1S/C23H26N4O/c1-15(16-8-9-21(28-4)24-13-16)18-6-5-7-19(26-18)22-25-14-17-10-11-23(2,3)12-20(17)27-22/h5-9,13-15H,10-12H2,1-4H3. The zero-order chi connectivity index (χ0) is 19.7. The lowest BCUT2D eigenvalue weighted by Gasteiger charge is -2.30. The van der Waals surface area contributed by atoms with Crippen LogP contribution in [0.3, 0.4) is 0 Å². The molecular formula is C23H26N4O. The van der Waals surface area contributed by atoms with Gasteiger partial charge in [0.2, 0.25) is 5.88 Å². The summed E-state index contributed by atoms with van der Waals surface area (Å²) >= 11 is 0. The lowest BCUT2D eigenvalue weighted by Crippen LogP contribution is -2.23. The normalized spacial score (nSPS) is 16.3. The maximum absolute atomic E-state index is 5.15. The second kappa shape index (κ2) is 7.30. The van der Waals surface area contributed by atoms with E-state index in [1.54, 1.807) is 7.11 Å². The summed E-state index contributed by atoms with van der Waals surface area (Å²) < 4.78 is 5.15. The van der Waals surface area contributed by atoms with Gasteiger partial charge < -0.3 is 4.74 Å². The van der Waals surface area contributed by atoms with E-state index in [1.807, 2.05) is 42.7 Å². The highest BCUT2D eigenvalue weighted by Crippen LogP contribution is 2.34. The Kier molecular flexibility index (Phi) is 4.84. The van der Waals surface area contributed by atoms with E-state index in [0.29, 0.717) is 17.1 Å². The molecule has 4 rings (SSSR count). The van der Waals surface area contributed by atoms with Crippen LogP contribution in [0.15, 0.2) is 42.7 Å². The van der Waals surface area contributed by atoms with Gasteiger partial charge in [-0.05, 0) is 47.9 Å². The number of aromatic nitrogens is 4. The Morgan fingerprint density at radius 2 is 1.89 bits per heavy atom. The molecule has 1 aliphatic rings. The summed E-state index contributed by atoms with van der Waals surface area (Å²) in [6, 6.07) is 9.96. The van der Waals surface area contributed by atoms with Gasteiger partial charge in [0, 0.05) is 35.8 Å². The Hall–Kier alpha value is -2.82. The molecule has 0 N–H and O–H groups in total. The highest BCUT2D eigenvalue weighted by Gasteiger charge is 2.27. The molecule has 3 aromatic rings. The minimum absolute atomic E-state index is 0.120. The van der Waals surface area contributed by atoms with Crippen molar-refractivity contribution in [1.82, 2.24) is 19.9 Å². The number of aryl methyl sites for hydroxylation is 1. The molecule has 0 fully saturated rings. The highest BCUT2D eigenvalue weighted by molar-refractivity contribution is 5.50. The van der Waals surface area contributed by atoms with Gasteiger partial charge in [0.1, 0.15) is 5.69 Å². The second-order valence-corrected chi connectivity index (χ2v) is 8.31. The number of rotatable bonds is 4. The first-order valence-corrected chi connectivity index (χ1v) is 9.77. The molecule has 5 heteroatoms. The third-order valence-corrected chi connectivity index (χ3v) is 5.58. The van der Waals surface area contributed by atoms with E-state index in [1.165, 1.54) is 17.7 Å². The lowest BCUT2D eigenvalue weighted by molar-refractivity contribution is 0.310. The van der Waals surface area contributed by atoms with Crippen LogP contribution in [0, 0.1) is 5.41 Å². The number of pyridine rings is 2. The SMILES string of the molecule is COc1ccc(C(C)c2cccc(-c3ncc4c(n3)CC(C)(C)CC4)n2)cn1. The zero-order valence-corrected chi connectivity index (χ0v) is 16.9. The molecule has 3 aromatic heterocycles. The summed E-state index contributed by atoms with van der Waals surface area (Å²) in [5.74, 6) is 1.44. The van der Waals surface area contributed by atoms with Crippen molar-refractivity contribution in [3.63, 3.8) is 0 Å². The van der Waals surface area contributed by atoms with E-state index in [0.717, 1.165) is 29.8 Å². The molecule has 5 nitrogen and oxygen atoms in total. The maximum atomic E-state index is 5.15. The number of methoxy groups -OCH3 is 1. The molecule has 1 unspecified atom stereocenters. The Morgan fingerprint density at radius 3 is 2.64 bits per heavy atom. The molecule has 0 amide bonds. The maximum Gasteiger partial charge on any atom is 0.212 e. The van der Waals surface area contributed by atoms with Gasteiger partial charge in [-0.3, -0.25) is 0 Å². The molecule has 144 valence electrons. The molecule has 1 atom stereocenters. The van der Waals surface area contributed by atoms with Crippen molar-refractivity contribution in [2.75, 3.05) is 7.11 Å². The summed E-state index contributed by atoms with van der Waals surface area (Å²) in [5, 5.41) is 0. The van der Waals surface area contributed by atoms with Crippen molar-refractivity contribution in [2.24, 2.45) is 5.41 Å². The van der Waals surface area contributed by atoms with Gasteiger partial charge in [0.25, 0.3) is 0 Å². The van der Waals surface area contributed by atoms with Crippen LogP contribution in [-0.2, 0) is 12.8 Å². The van der Waals surface area contributed by atoms with Gasteiger partial charge in [-0.15, -0.1) is 0 Å². The molecule has 0 saturated heterocycles. The van der Waals surface area contributed by atoms with Gasteiger partial charge >= 0.3 is 0 Å². The zero-order valence-electron chi connectivity index (χ0n) is 16.9. The van der Waals surface area contributed by atoms with Crippen molar-refractivity contribution in [3.8, 4) is 17.4 Å². The summed E-state index contributed by atoms with van der Waals surface area (Å²) in [6.45, 7) is 6.74. The fraction of sp³-hybridized carbons (Fsp3) is 0.391. The fourth-order valence-electron chi connectivity index (χ4n) is 3.70. The smallest absolute Gasteiger partial charge is 0.212 e. The molecule has 0 bridgehead atoms. The van der Waals surface area contributed by atoms with Gasteiger partial charge in [-0.2, -0.15) is 0 Å². The average Bonchev–Trinajstić information content (AvgIpc) is 2.72. The third-order valence-electron chi connectivity index (χ3n) is 5.58. The largest absolute Gasteiger partial charge is 0.481 e. The molecular weight excluding hydrogens is 348 g/mol. The van der Waals surface area contributed by atoms with Gasteiger partial charge in [0.15, 0.2) is 5.82 Å². The van der Waals surface area contributed by atoms with Crippen molar-refractivity contribution < 1.29 is 4.74 Å². The Balaban J connectivity index is 1.63. The number of hydrogen-bond acceptors (Lipinski definition) is 5. The van der Waals surface area contributed by atoms with Crippen LogP contribution in [0.4, 0.5) is 0 Å². The number of ether oxygens (including phenoxy) is 1. The first-order chi connectivity index (χ1) is 13.4. The first kappa shape index (κ1) is 18.5. The molecule has 0 spiro atoms. The van der Waals surface area contributed by atoms with E-state index in [-0.39, 0.29) is 5.92 Å². The molecule has 1 aliphatic carbocycles. The molecule has 28 heavy (non-hydrogen) atoms. The number of fused-ring (bicyclic) bond motifs is 1. The van der Waals surface area contributed by atoms with E-state index >= 15 is 0 Å². The minimum Gasteiger partial charge on any atom is -0.481 e. The molecule has 0 radical (unpaired) electrons. The summed E-state index contributed by atoms with van der Waals surface area (Å²) in [6.07, 6.45) is 7.06. The molecule has 0 saturated carbocycles. The van der Waals surface area contributed by atoms with Crippen LogP contribution >= 0.6 is 0 Å². The Labute approximate surface area is 166 Å². The van der Waals surface area contributed by atoms with E-state index in [2.05, 4.69) is 30.7 Å². The van der Waals surface area contributed by atoms with Crippen molar-refractivity contribution in [3.05, 3.63) is 65.2 Å². The predicted octanol–water partition coefficient (Wildman–Crippen LogP) is 4.61. The van der Waals surface area contributed by atoms with Crippen LogP contribution < -0.4 is 4.74 Å². The van der Waals surface area contributed by atoms with Crippen LogP contribution in [0.25, 0.3) is 11.5 Å². The second-order valence-electron chi connectivity index (χ2n) is 8.31. The molecule has 0 aromatic carbocycles. The predicted molar refractivity (Wildman–Crippen MR) is 109 cm³/mol. The molecule has 3 heterocycles. The monoisotopic (exact) mass is 374 g/mol. The summed E-state index contributed by atoms with van der Waals surface area (Å²) in [7, 11) is 1.62. The Bertz CT molecular complexity index is 982. The Morgan fingerprint density at radius 1 is 1.04 bits per heavy atom. The molecule has 0 aliphatic heterocycles. The minimum atomic E-state index is 0.120. The van der Waals surface area contributed by atoms with Crippen LogP contribution in [0.2, 0.25) is 0 Å². The number of nitrogens with zero attached hydrogens (tertiary/aromatic N) is 4. The van der Waals surface area contributed by atoms with Crippen molar-refractivity contribution in [1.29, 1.82) is 0 Å².